The van der Waals surface area contributed by atoms with E-state index < -0.39 is 57.8 Å². The fourth-order valence-corrected chi connectivity index (χ4v) is 8.87. The molecule has 0 bridgehead atoms. The summed E-state index contributed by atoms with van der Waals surface area (Å²) in [6, 6.07) is 0. The van der Waals surface area contributed by atoms with E-state index >= 15 is 0 Å². The van der Waals surface area contributed by atoms with Crippen LogP contribution in [0.4, 0.5) is 0 Å². The molecule has 11 nitrogen and oxygen atoms in total. The van der Waals surface area contributed by atoms with Crippen molar-refractivity contribution < 1.29 is 52.2 Å². The molecule has 0 amide bonds. The Morgan fingerprint density at radius 1 is 0.392 bits per heavy atom. The first kappa shape index (κ1) is 70.9. The Morgan fingerprint density at radius 3 is 1.11 bits per heavy atom. The molecule has 0 rings (SSSR count). The molecule has 0 saturated carbocycles. The van der Waals surface area contributed by atoms with Crippen LogP contribution in [0.25, 0.3) is 0 Å². The minimum atomic E-state index is -4.76. The number of allylic oxidation sites excluding steroid dienone is 12. The molecular weight excluding hydrogens is 952 g/mol. The van der Waals surface area contributed by atoms with Crippen LogP contribution in [0.1, 0.15) is 265 Å². The largest absolute Gasteiger partial charge is 0.472 e. The number of carbonyl (C=O) groups is 3. The van der Waals surface area contributed by atoms with Crippen LogP contribution in [0.2, 0.25) is 0 Å². The third kappa shape index (κ3) is 53.7. The minimum absolute atomic E-state index is 0.128. The van der Waals surface area contributed by atoms with Gasteiger partial charge >= 0.3 is 25.7 Å². The fourth-order valence-electron chi connectivity index (χ4n) is 8.08. The summed E-state index contributed by atoms with van der Waals surface area (Å²) < 4.78 is 39.5. The zero-order chi connectivity index (χ0) is 54.1. The highest BCUT2D eigenvalue weighted by Crippen LogP contribution is 2.43. The van der Waals surface area contributed by atoms with Gasteiger partial charge in [-0.2, -0.15) is 0 Å². The highest BCUT2D eigenvalue weighted by molar-refractivity contribution is 7.47. The summed E-state index contributed by atoms with van der Waals surface area (Å²) in [7, 11) is -4.76. The first-order chi connectivity index (χ1) is 36.2. The maximum Gasteiger partial charge on any atom is 0.472 e. The number of hydrogen-bond donors (Lipinski definition) is 2. The lowest BCUT2D eigenvalue weighted by Crippen LogP contribution is -2.30. The monoisotopic (exact) mass is 1060 g/mol. The van der Waals surface area contributed by atoms with Crippen molar-refractivity contribution in [3.05, 3.63) is 72.9 Å². The van der Waals surface area contributed by atoms with Gasteiger partial charge in [-0.05, 0) is 89.9 Å². The maximum atomic E-state index is 12.9. The highest BCUT2D eigenvalue weighted by atomic mass is 31.2. The number of hydrogen-bond acceptors (Lipinski definition) is 10. The lowest BCUT2D eigenvalue weighted by atomic mass is 10.1. The molecule has 0 aromatic heterocycles. The lowest BCUT2D eigenvalue weighted by Gasteiger charge is -2.21. The van der Waals surface area contributed by atoms with Crippen molar-refractivity contribution in [3.63, 3.8) is 0 Å². The molecule has 3 unspecified atom stereocenters. The van der Waals surface area contributed by atoms with Gasteiger partial charge in [0, 0.05) is 19.3 Å². The summed E-state index contributed by atoms with van der Waals surface area (Å²) in [6.07, 6.45) is 63.0. The summed E-state index contributed by atoms with van der Waals surface area (Å²) >= 11 is 0. The third-order valence-corrected chi connectivity index (χ3v) is 13.6. The van der Waals surface area contributed by atoms with Gasteiger partial charge < -0.3 is 24.2 Å². The second-order valence-corrected chi connectivity index (χ2v) is 21.2. The molecular formula is C62H109O11P. The van der Waals surface area contributed by atoms with Gasteiger partial charge in [-0.1, -0.05) is 229 Å². The van der Waals surface area contributed by atoms with Gasteiger partial charge in [-0.25, -0.2) is 4.57 Å². The van der Waals surface area contributed by atoms with Crippen LogP contribution in [0, 0.1) is 0 Å². The van der Waals surface area contributed by atoms with Crippen molar-refractivity contribution in [1.82, 2.24) is 0 Å². The number of phosphoric acid groups is 1. The molecule has 2 N–H and O–H groups in total. The van der Waals surface area contributed by atoms with Crippen molar-refractivity contribution in [2.75, 3.05) is 26.4 Å². The van der Waals surface area contributed by atoms with Crippen molar-refractivity contribution in [2.24, 2.45) is 0 Å². The zero-order valence-corrected chi connectivity index (χ0v) is 48.2. The van der Waals surface area contributed by atoms with E-state index in [2.05, 4.69) is 93.7 Å². The third-order valence-electron chi connectivity index (χ3n) is 12.6. The number of rotatable bonds is 55. The molecule has 0 fully saturated rings. The average molecular weight is 1060 g/mol. The van der Waals surface area contributed by atoms with Gasteiger partial charge in [0.1, 0.15) is 12.7 Å². The molecule has 0 aromatic carbocycles. The topological polar surface area (TPSA) is 155 Å². The van der Waals surface area contributed by atoms with Crippen molar-refractivity contribution in [1.29, 1.82) is 0 Å². The number of phosphoric ester groups is 1. The van der Waals surface area contributed by atoms with Crippen LogP contribution >= 0.6 is 7.82 Å². The van der Waals surface area contributed by atoms with Crippen LogP contribution in [0.5, 0.6) is 0 Å². The van der Waals surface area contributed by atoms with Crippen molar-refractivity contribution in [2.45, 2.75) is 277 Å². The van der Waals surface area contributed by atoms with Crippen LogP contribution in [-0.4, -0.2) is 66.5 Å². The molecule has 0 aliphatic heterocycles. The minimum Gasteiger partial charge on any atom is -0.462 e. The van der Waals surface area contributed by atoms with Gasteiger partial charge in [0.15, 0.2) is 6.10 Å². The van der Waals surface area contributed by atoms with Crippen LogP contribution in [0.15, 0.2) is 72.9 Å². The molecule has 12 heteroatoms. The Bertz CT molecular complexity index is 1520. The van der Waals surface area contributed by atoms with Crippen LogP contribution in [-0.2, 0) is 42.2 Å². The summed E-state index contributed by atoms with van der Waals surface area (Å²) in [4.78, 5) is 48.5. The first-order valence-electron chi connectivity index (χ1n) is 29.8. The van der Waals surface area contributed by atoms with E-state index in [9.17, 15) is 28.9 Å². The molecule has 3 atom stereocenters. The predicted octanol–water partition coefficient (Wildman–Crippen LogP) is 17.7. The van der Waals surface area contributed by atoms with Gasteiger partial charge in [0.05, 0.1) is 19.8 Å². The van der Waals surface area contributed by atoms with E-state index in [4.69, 9.17) is 23.3 Å². The standard InChI is InChI=1S/C62H109O11P/c1-4-7-10-13-16-19-21-23-25-27-29-31-33-35-37-40-43-46-49-52-61(65)72-58(54-63)56-70-74(67,68)71-57-59(55-69-60(64)51-48-45-42-39-18-15-12-9-6-3)73-62(66)53-50-47-44-41-38-36-34-32-30-28-26-24-22-20-17-14-11-8-5-2/h8,11,17,20,23-26,30,32,36,38,58-59,63H,4-7,9-10,12-16,18-19,21-22,27-29,31,33-35,37,39-57H2,1-3H3,(H,67,68)/b11-8-,20-17-,25-23-,26-24-,32-30-,38-36-. The van der Waals surface area contributed by atoms with E-state index in [0.29, 0.717) is 19.3 Å². The fraction of sp³-hybridized carbons (Fsp3) is 0.758. The van der Waals surface area contributed by atoms with E-state index in [1.54, 1.807) is 0 Å². The van der Waals surface area contributed by atoms with Crippen LogP contribution < -0.4 is 0 Å². The van der Waals surface area contributed by atoms with Gasteiger partial charge in [-0.3, -0.25) is 23.4 Å². The molecule has 0 saturated heterocycles. The predicted molar refractivity (Wildman–Crippen MR) is 307 cm³/mol. The second kappa shape index (κ2) is 56.1. The molecule has 428 valence electrons. The van der Waals surface area contributed by atoms with E-state index in [0.717, 1.165) is 89.9 Å². The quantitative estimate of drug-likeness (QED) is 0.0197. The van der Waals surface area contributed by atoms with E-state index in [1.165, 1.54) is 116 Å². The van der Waals surface area contributed by atoms with Crippen LogP contribution in [0.3, 0.4) is 0 Å². The summed E-state index contributed by atoms with van der Waals surface area (Å²) in [5.41, 5.74) is 0. The Morgan fingerprint density at radius 2 is 0.703 bits per heavy atom. The number of esters is 3. The molecule has 0 aliphatic rings. The Hall–Kier alpha value is -3.08. The number of aliphatic hydroxyl groups excluding tert-OH is 1. The molecule has 0 spiro atoms. The number of ether oxygens (including phenoxy) is 3. The Labute approximate surface area is 452 Å². The number of aliphatic hydroxyl groups is 1. The molecule has 0 radical (unpaired) electrons. The van der Waals surface area contributed by atoms with E-state index in [-0.39, 0.29) is 25.9 Å². The van der Waals surface area contributed by atoms with Gasteiger partial charge in [0.25, 0.3) is 0 Å². The SMILES string of the molecule is CC/C=C\C/C=C\C/C=C\C/C=C\C/C=C\CCCCCC(=O)OC(COC(=O)CCCCCCCCCCC)COP(=O)(O)OCC(CO)OC(=O)CCCCCCCCCCC/C=C\CCCCCCCC. The normalized spacial score (nSPS) is 13.9. The number of unbranched alkanes of at least 4 members (excludes halogenated alkanes) is 26. The Balaban J connectivity index is 4.64. The summed E-state index contributed by atoms with van der Waals surface area (Å²) in [5.74, 6) is -1.50. The first-order valence-corrected chi connectivity index (χ1v) is 31.3. The van der Waals surface area contributed by atoms with Crippen molar-refractivity contribution in [3.8, 4) is 0 Å². The van der Waals surface area contributed by atoms with Gasteiger partial charge in [0.2, 0.25) is 0 Å². The molecule has 74 heavy (non-hydrogen) atoms. The lowest BCUT2D eigenvalue weighted by molar-refractivity contribution is -0.161. The summed E-state index contributed by atoms with van der Waals surface area (Å²) in [6.45, 7) is 4.48. The summed E-state index contributed by atoms with van der Waals surface area (Å²) in [5, 5.41) is 9.82. The van der Waals surface area contributed by atoms with Crippen molar-refractivity contribution >= 4 is 25.7 Å². The second-order valence-electron chi connectivity index (χ2n) is 19.8. The average Bonchev–Trinajstić information content (AvgIpc) is 3.39. The number of carbonyl (C=O) groups excluding carboxylic acids is 3. The Kier molecular flexibility index (Phi) is 53.8. The molecule has 0 aliphatic carbocycles. The van der Waals surface area contributed by atoms with E-state index in [1.807, 2.05) is 0 Å². The molecule has 0 aromatic rings. The zero-order valence-electron chi connectivity index (χ0n) is 47.3. The smallest absolute Gasteiger partial charge is 0.462 e. The van der Waals surface area contributed by atoms with Gasteiger partial charge in [-0.15, -0.1) is 0 Å². The highest BCUT2D eigenvalue weighted by Gasteiger charge is 2.28. The molecule has 0 heterocycles. The maximum absolute atomic E-state index is 12.9.